The summed E-state index contributed by atoms with van der Waals surface area (Å²) in [4.78, 5) is 2.65. The molecule has 2 atom stereocenters. The summed E-state index contributed by atoms with van der Waals surface area (Å²) in [6.45, 7) is 1.19. The highest BCUT2D eigenvalue weighted by Gasteiger charge is 2.35. The van der Waals surface area contributed by atoms with Gasteiger partial charge in [0.1, 0.15) is 5.75 Å². The van der Waals surface area contributed by atoms with E-state index in [2.05, 4.69) is 33.9 Å². The summed E-state index contributed by atoms with van der Waals surface area (Å²) in [5.41, 5.74) is 3.23. The van der Waals surface area contributed by atoms with Crippen LogP contribution in [0, 0.1) is 0 Å². The zero-order valence-electron chi connectivity index (χ0n) is 14.5. The van der Waals surface area contributed by atoms with Gasteiger partial charge in [-0.1, -0.05) is 42.8 Å². The van der Waals surface area contributed by atoms with Crippen molar-refractivity contribution in [2.24, 2.45) is 0 Å². The zero-order valence-corrected chi connectivity index (χ0v) is 14.5. The first-order valence-corrected chi connectivity index (χ1v) is 9.21. The fraction of sp³-hybridized carbons (Fsp3) is 0.429. The number of ether oxygens (including phenoxy) is 1. The molecule has 0 saturated carbocycles. The van der Waals surface area contributed by atoms with Gasteiger partial charge in [-0.05, 0) is 61.1 Å². The third-order valence-electron chi connectivity index (χ3n) is 5.56. The lowest BCUT2D eigenvalue weighted by Crippen LogP contribution is -2.35. The molecular formula is C21H22F3NO. The van der Waals surface area contributed by atoms with Gasteiger partial charge in [-0.3, -0.25) is 4.90 Å². The number of halogens is 3. The number of fused-ring (bicyclic) bond motifs is 1. The van der Waals surface area contributed by atoms with E-state index in [4.69, 9.17) is 0 Å². The Morgan fingerprint density at radius 1 is 0.808 bits per heavy atom. The van der Waals surface area contributed by atoms with Crippen molar-refractivity contribution in [3.8, 4) is 16.9 Å². The van der Waals surface area contributed by atoms with E-state index in [1.165, 1.54) is 56.3 Å². The third kappa shape index (κ3) is 3.73. The van der Waals surface area contributed by atoms with Crippen LogP contribution in [0.5, 0.6) is 5.75 Å². The lowest BCUT2D eigenvalue weighted by atomic mass is 9.99. The summed E-state index contributed by atoms with van der Waals surface area (Å²) in [5.74, 6) is -0.194. The summed E-state index contributed by atoms with van der Waals surface area (Å²) >= 11 is 0. The smallest absolute Gasteiger partial charge is 0.406 e. The van der Waals surface area contributed by atoms with Crippen molar-refractivity contribution in [3.05, 3.63) is 54.1 Å². The number of benzene rings is 2. The van der Waals surface area contributed by atoms with Gasteiger partial charge >= 0.3 is 6.36 Å². The van der Waals surface area contributed by atoms with Crippen LogP contribution in [-0.2, 0) is 0 Å². The van der Waals surface area contributed by atoms with Crippen molar-refractivity contribution in [3.63, 3.8) is 0 Å². The minimum absolute atomic E-state index is 0.194. The van der Waals surface area contributed by atoms with Gasteiger partial charge in [0.2, 0.25) is 0 Å². The molecule has 5 heteroatoms. The van der Waals surface area contributed by atoms with Gasteiger partial charge in [0, 0.05) is 12.1 Å². The van der Waals surface area contributed by atoms with Crippen LogP contribution in [0.2, 0.25) is 0 Å². The summed E-state index contributed by atoms with van der Waals surface area (Å²) in [5, 5.41) is 0. The maximum absolute atomic E-state index is 12.2. The normalized spacial score (nSPS) is 23.7. The Morgan fingerprint density at radius 2 is 1.46 bits per heavy atom. The molecule has 0 spiro atoms. The van der Waals surface area contributed by atoms with Gasteiger partial charge in [-0.2, -0.15) is 0 Å². The molecular weight excluding hydrogens is 339 g/mol. The van der Waals surface area contributed by atoms with Gasteiger partial charge in [0.25, 0.3) is 0 Å². The highest BCUT2D eigenvalue weighted by atomic mass is 19.4. The predicted molar refractivity (Wildman–Crippen MR) is 94.9 cm³/mol. The minimum Gasteiger partial charge on any atom is -0.406 e. The van der Waals surface area contributed by atoms with Crippen LogP contribution in [-0.4, -0.2) is 23.8 Å². The molecule has 0 unspecified atom stereocenters. The molecule has 2 heterocycles. The van der Waals surface area contributed by atoms with Gasteiger partial charge in [-0.15, -0.1) is 13.2 Å². The average molecular weight is 361 g/mol. The van der Waals surface area contributed by atoms with Gasteiger partial charge < -0.3 is 4.74 Å². The molecule has 138 valence electrons. The van der Waals surface area contributed by atoms with E-state index in [1.807, 2.05) is 0 Å². The van der Waals surface area contributed by atoms with Crippen molar-refractivity contribution in [2.45, 2.75) is 50.6 Å². The molecule has 0 radical (unpaired) electrons. The molecule has 2 aliphatic rings. The molecule has 2 nitrogen and oxygen atoms in total. The van der Waals surface area contributed by atoms with Crippen molar-refractivity contribution in [1.82, 2.24) is 4.90 Å². The standard InChI is InChI=1S/C21H22F3NO/c22-21(23,24)26-19-11-8-16(9-12-19)15-4-6-17(7-5-15)20-13-10-18-3-1-2-14-25(18)20/h4-9,11-12,18,20H,1-3,10,13-14H2/t18-,20+/m1/s1. The van der Waals surface area contributed by atoms with Crippen molar-refractivity contribution >= 4 is 0 Å². The average Bonchev–Trinajstić information content (AvgIpc) is 3.05. The van der Waals surface area contributed by atoms with E-state index in [0.717, 1.165) is 17.2 Å². The van der Waals surface area contributed by atoms with Gasteiger partial charge in [0.05, 0.1) is 0 Å². The molecule has 2 aromatic carbocycles. The fourth-order valence-electron chi connectivity index (χ4n) is 4.36. The number of piperidine rings is 1. The second kappa shape index (κ2) is 6.95. The molecule has 0 aliphatic carbocycles. The maximum Gasteiger partial charge on any atom is 0.573 e. The number of hydrogen-bond acceptors (Lipinski definition) is 2. The first kappa shape index (κ1) is 17.4. The van der Waals surface area contributed by atoms with Crippen molar-refractivity contribution in [1.29, 1.82) is 0 Å². The van der Waals surface area contributed by atoms with E-state index < -0.39 is 6.36 Å². The highest BCUT2D eigenvalue weighted by Crippen LogP contribution is 2.40. The molecule has 0 N–H and O–H groups in total. The summed E-state index contributed by atoms with van der Waals surface area (Å²) in [7, 11) is 0. The highest BCUT2D eigenvalue weighted by molar-refractivity contribution is 5.64. The number of hydrogen-bond donors (Lipinski definition) is 0. The molecule has 2 fully saturated rings. The molecule has 0 aromatic heterocycles. The first-order chi connectivity index (χ1) is 12.5. The summed E-state index contributed by atoms with van der Waals surface area (Å²) in [6, 6.07) is 15.7. The molecule has 4 rings (SSSR count). The van der Waals surface area contributed by atoms with Crippen LogP contribution in [0.3, 0.4) is 0 Å². The SMILES string of the molecule is FC(F)(F)Oc1ccc(-c2ccc([C@@H]3CC[C@H]4CCCCN43)cc2)cc1. The van der Waals surface area contributed by atoms with Gasteiger partial charge in [-0.25, -0.2) is 0 Å². The quantitative estimate of drug-likeness (QED) is 0.671. The molecule has 2 aliphatic heterocycles. The monoisotopic (exact) mass is 361 g/mol. The summed E-state index contributed by atoms with van der Waals surface area (Å²) in [6.07, 6.45) is 1.80. The predicted octanol–water partition coefficient (Wildman–Crippen LogP) is 5.94. The lowest BCUT2D eigenvalue weighted by molar-refractivity contribution is -0.274. The fourth-order valence-corrected chi connectivity index (χ4v) is 4.36. The Labute approximate surface area is 151 Å². The van der Waals surface area contributed by atoms with Gasteiger partial charge in [0.15, 0.2) is 0 Å². The van der Waals surface area contributed by atoms with E-state index in [1.54, 1.807) is 12.1 Å². The second-order valence-electron chi connectivity index (χ2n) is 7.17. The van der Waals surface area contributed by atoms with E-state index >= 15 is 0 Å². The Morgan fingerprint density at radius 3 is 2.12 bits per heavy atom. The van der Waals surface area contributed by atoms with Crippen molar-refractivity contribution < 1.29 is 17.9 Å². The molecule has 0 bridgehead atoms. The van der Waals surface area contributed by atoms with Crippen LogP contribution < -0.4 is 4.74 Å². The van der Waals surface area contributed by atoms with Crippen LogP contribution in [0.1, 0.15) is 43.7 Å². The lowest BCUT2D eigenvalue weighted by Gasteiger charge is -2.34. The molecule has 26 heavy (non-hydrogen) atoms. The number of alkyl halides is 3. The molecule has 2 aromatic rings. The Kier molecular flexibility index (Phi) is 4.65. The van der Waals surface area contributed by atoms with Crippen LogP contribution in [0.15, 0.2) is 48.5 Å². The van der Waals surface area contributed by atoms with Crippen LogP contribution in [0.25, 0.3) is 11.1 Å². The Balaban J connectivity index is 1.48. The van der Waals surface area contributed by atoms with E-state index in [9.17, 15) is 13.2 Å². The Hall–Kier alpha value is -2.01. The zero-order chi connectivity index (χ0) is 18.1. The topological polar surface area (TPSA) is 12.5 Å². The van der Waals surface area contributed by atoms with Crippen LogP contribution in [0.4, 0.5) is 13.2 Å². The van der Waals surface area contributed by atoms with E-state index in [-0.39, 0.29) is 5.75 Å². The maximum atomic E-state index is 12.2. The minimum atomic E-state index is -4.66. The second-order valence-corrected chi connectivity index (χ2v) is 7.17. The van der Waals surface area contributed by atoms with Crippen LogP contribution >= 0.6 is 0 Å². The largest absolute Gasteiger partial charge is 0.573 e. The molecule has 2 saturated heterocycles. The van der Waals surface area contributed by atoms with E-state index in [0.29, 0.717) is 6.04 Å². The third-order valence-corrected chi connectivity index (χ3v) is 5.56. The summed E-state index contributed by atoms with van der Waals surface area (Å²) < 4.78 is 40.7. The van der Waals surface area contributed by atoms with Crippen molar-refractivity contribution in [2.75, 3.05) is 6.54 Å². The Bertz CT molecular complexity index is 739. The molecule has 0 amide bonds. The first-order valence-electron chi connectivity index (χ1n) is 9.21. The number of nitrogens with zero attached hydrogens (tertiary/aromatic N) is 1. The number of rotatable bonds is 3.